The summed E-state index contributed by atoms with van der Waals surface area (Å²) in [5.74, 6) is -2.63. The Kier molecular flexibility index (Phi) is 5.47. The largest absolute Gasteiger partial charge is 0.488 e. The average Bonchev–Trinajstić information content (AvgIpc) is 2.59. The summed E-state index contributed by atoms with van der Waals surface area (Å²) < 4.78 is 60.8. The van der Waals surface area contributed by atoms with Gasteiger partial charge in [0.25, 0.3) is 0 Å². The van der Waals surface area contributed by atoms with Gasteiger partial charge < -0.3 is 4.74 Å². The van der Waals surface area contributed by atoms with Crippen LogP contribution in [0, 0.1) is 23.3 Å². The van der Waals surface area contributed by atoms with E-state index in [2.05, 4.69) is 0 Å². The second-order valence-corrected chi connectivity index (χ2v) is 6.05. The van der Waals surface area contributed by atoms with E-state index in [4.69, 9.17) is 16.3 Å². The quantitative estimate of drug-likeness (QED) is 0.488. The van der Waals surface area contributed by atoms with E-state index in [0.717, 1.165) is 24.3 Å². The fraction of sp³-hybridized carbons (Fsp3) is 0.100. The Hall–Kier alpha value is -2.53. The molecule has 0 saturated heterocycles. The third-order valence-electron chi connectivity index (χ3n) is 3.89. The van der Waals surface area contributed by atoms with Crippen LogP contribution in [0.3, 0.4) is 0 Å². The molecule has 134 valence electrons. The zero-order chi connectivity index (χ0) is 18.7. The first-order valence-corrected chi connectivity index (χ1v) is 8.10. The number of hydrogen-bond acceptors (Lipinski definition) is 1. The monoisotopic (exact) mass is 380 g/mol. The summed E-state index contributed by atoms with van der Waals surface area (Å²) in [7, 11) is 0. The molecule has 0 N–H and O–H groups in total. The summed E-state index contributed by atoms with van der Waals surface area (Å²) in [5, 5.41) is 0.348. The highest BCUT2D eigenvalue weighted by molar-refractivity contribution is 6.30. The molecular formula is C20H13ClF4O. The maximum absolute atomic E-state index is 13.9. The molecule has 6 heteroatoms. The minimum atomic E-state index is -0.735. The fourth-order valence-corrected chi connectivity index (χ4v) is 2.73. The van der Waals surface area contributed by atoms with Gasteiger partial charge in [0.15, 0.2) is 0 Å². The first kappa shape index (κ1) is 18.3. The molecule has 0 heterocycles. The van der Waals surface area contributed by atoms with Crippen LogP contribution in [0.25, 0.3) is 0 Å². The Labute approximate surface area is 152 Å². The molecule has 3 aromatic carbocycles. The summed E-state index contributed by atoms with van der Waals surface area (Å²) in [4.78, 5) is 0. The Balaban J connectivity index is 1.89. The molecule has 0 aliphatic rings. The molecule has 0 spiro atoms. The highest BCUT2D eigenvalue weighted by Gasteiger charge is 2.15. The second-order valence-electron chi connectivity index (χ2n) is 5.62. The van der Waals surface area contributed by atoms with Crippen molar-refractivity contribution in [2.24, 2.45) is 0 Å². The third-order valence-corrected chi connectivity index (χ3v) is 4.12. The van der Waals surface area contributed by atoms with Gasteiger partial charge in [-0.25, -0.2) is 17.6 Å². The maximum atomic E-state index is 13.9. The lowest BCUT2D eigenvalue weighted by atomic mass is 10.0. The van der Waals surface area contributed by atoms with Crippen molar-refractivity contribution >= 4 is 11.6 Å². The number of ether oxygens (including phenoxy) is 1. The molecule has 3 rings (SSSR count). The molecule has 0 radical (unpaired) electrons. The predicted molar refractivity (Wildman–Crippen MR) is 91.3 cm³/mol. The molecule has 0 saturated carbocycles. The zero-order valence-electron chi connectivity index (χ0n) is 13.4. The van der Waals surface area contributed by atoms with Crippen molar-refractivity contribution in [1.29, 1.82) is 0 Å². The van der Waals surface area contributed by atoms with Gasteiger partial charge in [-0.1, -0.05) is 23.7 Å². The van der Waals surface area contributed by atoms with Crippen LogP contribution in [0.4, 0.5) is 17.6 Å². The summed E-state index contributed by atoms with van der Waals surface area (Å²) >= 11 is 5.97. The number of benzene rings is 3. The summed E-state index contributed by atoms with van der Waals surface area (Å²) in [5.41, 5.74) is 0.0282. The van der Waals surface area contributed by atoms with E-state index >= 15 is 0 Å². The van der Waals surface area contributed by atoms with E-state index in [1.807, 2.05) is 0 Å². The predicted octanol–water partition coefficient (Wildman–Crippen LogP) is 6.07. The number of hydrogen-bond donors (Lipinski definition) is 0. The van der Waals surface area contributed by atoms with E-state index in [9.17, 15) is 17.6 Å². The van der Waals surface area contributed by atoms with E-state index in [1.54, 1.807) is 0 Å². The molecule has 0 aliphatic heterocycles. The van der Waals surface area contributed by atoms with Crippen LogP contribution in [0.15, 0.2) is 54.6 Å². The normalized spacial score (nSPS) is 10.8. The smallest absolute Gasteiger partial charge is 0.132 e. The van der Waals surface area contributed by atoms with Crippen molar-refractivity contribution in [3.63, 3.8) is 0 Å². The van der Waals surface area contributed by atoms with Gasteiger partial charge in [-0.15, -0.1) is 0 Å². The van der Waals surface area contributed by atoms with Crippen molar-refractivity contribution < 1.29 is 22.3 Å². The Bertz CT molecular complexity index is 903. The van der Waals surface area contributed by atoms with Crippen LogP contribution >= 0.6 is 11.6 Å². The highest BCUT2D eigenvalue weighted by Crippen LogP contribution is 2.28. The minimum absolute atomic E-state index is 0.117. The van der Waals surface area contributed by atoms with E-state index in [0.29, 0.717) is 10.6 Å². The van der Waals surface area contributed by atoms with Crippen molar-refractivity contribution in [1.82, 2.24) is 0 Å². The van der Waals surface area contributed by atoms with Crippen LogP contribution in [-0.2, 0) is 13.0 Å². The maximum Gasteiger partial charge on any atom is 0.132 e. The van der Waals surface area contributed by atoms with Crippen LogP contribution in [-0.4, -0.2) is 0 Å². The van der Waals surface area contributed by atoms with E-state index in [1.165, 1.54) is 30.3 Å². The Morgan fingerprint density at radius 2 is 1.27 bits per heavy atom. The first-order valence-electron chi connectivity index (χ1n) is 7.72. The lowest BCUT2D eigenvalue weighted by Gasteiger charge is -2.14. The number of rotatable bonds is 5. The van der Waals surface area contributed by atoms with Gasteiger partial charge in [0.05, 0.1) is 5.56 Å². The van der Waals surface area contributed by atoms with Gasteiger partial charge in [0.2, 0.25) is 0 Å². The molecule has 0 bridgehead atoms. The topological polar surface area (TPSA) is 9.23 Å². The molecule has 26 heavy (non-hydrogen) atoms. The van der Waals surface area contributed by atoms with Gasteiger partial charge in [-0.3, -0.25) is 0 Å². The fourth-order valence-electron chi connectivity index (χ4n) is 2.54. The molecule has 1 nitrogen and oxygen atoms in total. The first-order chi connectivity index (χ1) is 12.5. The van der Waals surface area contributed by atoms with Crippen LogP contribution in [0.2, 0.25) is 5.02 Å². The van der Waals surface area contributed by atoms with Crippen molar-refractivity contribution in [3.05, 3.63) is 99.6 Å². The lowest BCUT2D eigenvalue weighted by molar-refractivity contribution is 0.290. The molecule has 0 aliphatic carbocycles. The van der Waals surface area contributed by atoms with Gasteiger partial charge in [-0.2, -0.15) is 0 Å². The van der Waals surface area contributed by atoms with Crippen molar-refractivity contribution in [3.8, 4) is 5.75 Å². The standard InChI is InChI=1S/C20H13ClF4O/c21-13-7-8-20(26-11-15-18(24)5-2-6-19(15)25)12(9-13)10-14-16(22)3-1-4-17(14)23/h1-9H,10-11H2. The lowest BCUT2D eigenvalue weighted by Crippen LogP contribution is -2.05. The van der Waals surface area contributed by atoms with Crippen LogP contribution < -0.4 is 4.74 Å². The molecule has 0 unspecified atom stereocenters. The molecule has 0 aromatic heterocycles. The van der Waals surface area contributed by atoms with Crippen LogP contribution in [0.5, 0.6) is 5.75 Å². The highest BCUT2D eigenvalue weighted by atomic mass is 35.5. The second kappa shape index (κ2) is 7.79. The molecule has 0 fully saturated rings. The van der Waals surface area contributed by atoms with Crippen molar-refractivity contribution in [2.75, 3.05) is 0 Å². The molecule has 3 aromatic rings. The minimum Gasteiger partial charge on any atom is -0.488 e. The average molecular weight is 381 g/mol. The van der Waals surface area contributed by atoms with E-state index in [-0.39, 0.29) is 29.9 Å². The molecule has 0 amide bonds. The summed E-state index contributed by atoms with van der Waals surface area (Å²) in [6.45, 7) is -0.368. The number of halogens is 5. The van der Waals surface area contributed by atoms with Crippen LogP contribution in [0.1, 0.15) is 16.7 Å². The molecular weight excluding hydrogens is 368 g/mol. The third kappa shape index (κ3) is 3.99. The van der Waals surface area contributed by atoms with Gasteiger partial charge >= 0.3 is 0 Å². The summed E-state index contributed by atoms with van der Waals surface area (Å²) in [6, 6.07) is 11.6. The van der Waals surface area contributed by atoms with Gasteiger partial charge in [0.1, 0.15) is 35.6 Å². The van der Waals surface area contributed by atoms with E-state index < -0.39 is 23.3 Å². The molecule has 0 atom stereocenters. The van der Waals surface area contributed by atoms with Gasteiger partial charge in [-0.05, 0) is 42.5 Å². The van der Waals surface area contributed by atoms with Gasteiger partial charge in [0, 0.05) is 22.6 Å². The zero-order valence-corrected chi connectivity index (χ0v) is 14.2. The Morgan fingerprint density at radius 3 is 1.85 bits per heavy atom. The Morgan fingerprint density at radius 1 is 0.731 bits per heavy atom. The summed E-state index contributed by atoms with van der Waals surface area (Å²) in [6.07, 6.45) is -0.117. The van der Waals surface area contributed by atoms with Crippen molar-refractivity contribution in [2.45, 2.75) is 13.0 Å². The SMILES string of the molecule is Fc1cccc(F)c1COc1ccc(Cl)cc1Cc1c(F)cccc1F.